The molecule has 1 aromatic rings. The highest BCUT2D eigenvalue weighted by atomic mass is 15.2. The Morgan fingerprint density at radius 2 is 2.05 bits per heavy atom. The van der Waals surface area contributed by atoms with Crippen molar-refractivity contribution in [2.24, 2.45) is 11.8 Å². The number of hydrogen-bond acceptors (Lipinski definition) is 3. The van der Waals surface area contributed by atoms with E-state index in [4.69, 9.17) is 0 Å². The molecule has 3 rings (SSSR count). The predicted molar refractivity (Wildman–Crippen MR) is 86.9 cm³/mol. The van der Waals surface area contributed by atoms with Crippen LogP contribution in [0.3, 0.4) is 0 Å². The van der Waals surface area contributed by atoms with E-state index in [1.54, 1.807) is 0 Å². The van der Waals surface area contributed by atoms with Crippen molar-refractivity contribution in [2.75, 3.05) is 13.1 Å². The molecule has 0 radical (unpaired) electrons. The van der Waals surface area contributed by atoms with Crippen molar-refractivity contribution >= 4 is 0 Å². The van der Waals surface area contributed by atoms with Crippen molar-refractivity contribution in [3.05, 3.63) is 29.6 Å². The SMILES string of the molecule is CC(C)CNCc1ccc(CN(CC2CC2)C2CC2)nc1. The maximum Gasteiger partial charge on any atom is 0.0544 e. The third-order valence-corrected chi connectivity index (χ3v) is 4.39. The van der Waals surface area contributed by atoms with E-state index in [1.807, 2.05) is 6.20 Å². The molecule has 0 bridgehead atoms. The summed E-state index contributed by atoms with van der Waals surface area (Å²) in [6, 6.07) is 5.30. The molecule has 3 nitrogen and oxygen atoms in total. The molecule has 2 saturated carbocycles. The van der Waals surface area contributed by atoms with Crippen LogP contribution in [0.1, 0.15) is 50.8 Å². The first-order valence-corrected chi connectivity index (χ1v) is 8.59. The molecule has 1 heterocycles. The normalized spacial score (nSPS) is 18.7. The van der Waals surface area contributed by atoms with E-state index in [0.29, 0.717) is 5.92 Å². The molecule has 2 aliphatic rings. The summed E-state index contributed by atoms with van der Waals surface area (Å²) in [6.45, 7) is 8.81. The molecule has 2 fully saturated rings. The number of rotatable bonds is 9. The first-order valence-electron chi connectivity index (χ1n) is 8.59. The van der Waals surface area contributed by atoms with Crippen LogP contribution in [0.2, 0.25) is 0 Å². The smallest absolute Gasteiger partial charge is 0.0544 e. The zero-order valence-electron chi connectivity index (χ0n) is 13.5. The molecule has 1 N–H and O–H groups in total. The highest BCUT2D eigenvalue weighted by Crippen LogP contribution is 2.35. The van der Waals surface area contributed by atoms with Gasteiger partial charge in [-0.1, -0.05) is 19.9 Å². The van der Waals surface area contributed by atoms with E-state index in [-0.39, 0.29) is 0 Å². The molecule has 3 heteroatoms. The Kier molecular flexibility index (Phi) is 4.91. The second-order valence-electron chi connectivity index (χ2n) is 7.29. The Hall–Kier alpha value is -0.930. The van der Waals surface area contributed by atoms with Gasteiger partial charge in [-0.3, -0.25) is 9.88 Å². The van der Waals surface area contributed by atoms with Gasteiger partial charge in [-0.2, -0.15) is 0 Å². The summed E-state index contributed by atoms with van der Waals surface area (Å²) >= 11 is 0. The van der Waals surface area contributed by atoms with Crippen LogP contribution in [0.15, 0.2) is 18.3 Å². The van der Waals surface area contributed by atoms with Gasteiger partial charge in [-0.05, 0) is 55.7 Å². The van der Waals surface area contributed by atoms with Crippen molar-refractivity contribution in [2.45, 2.75) is 58.7 Å². The molecule has 0 spiro atoms. The van der Waals surface area contributed by atoms with Crippen LogP contribution in [0.5, 0.6) is 0 Å². The lowest BCUT2D eigenvalue weighted by Crippen LogP contribution is -2.28. The minimum absolute atomic E-state index is 0.701. The molecule has 0 aromatic carbocycles. The summed E-state index contributed by atoms with van der Waals surface area (Å²) in [7, 11) is 0. The Balaban J connectivity index is 1.48. The van der Waals surface area contributed by atoms with Crippen LogP contribution in [0.4, 0.5) is 0 Å². The predicted octanol–water partition coefficient (Wildman–Crippen LogP) is 3.20. The number of aromatic nitrogens is 1. The van der Waals surface area contributed by atoms with Crippen molar-refractivity contribution in [3.63, 3.8) is 0 Å². The fourth-order valence-corrected chi connectivity index (χ4v) is 2.78. The third-order valence-electron chi connectivity index (χ3n) is 4.39. The Morgan fingerprint density at radius 3 is 2.62 bits per heavy atom. The molecular formula is C18H29N3. The van der Waals surface area contributed by atoms with Crippen molar-refractivity contribution < 1.29 is 0 Å². The van der Waals surface area contributed by atoms with E-state index in [9.17, 15) is 0 Å². The number of hydrogen-bond donors (Lipinski definition) is 1. The van der Waals surface area contributed by atoms with Crippen molar-refractivity contribution in [1.29, 1.82) is 0 Å². The van der Waals surface area contributed by atoms with Crippen LogP contribution in [-0.2, 0) is 13.1 Å². The van der Waals surface area contributed by atoms with Gasteiger partial charge in [0.05, 0.1) is 5.69 Å². The zero-order valence-corrected chi connectivity index (χ0v) is 13.5. The van der Waals surface area contributed by atoms with Crippen molar-refractivity contribution in [3.8, 4) is 0 Å². The second-order valence-corrected chi connectivity index (χ2v) is 7.29. The van der Waals surface area contributed by atoms with E-state index >= 15 is 0 Å². The standard InChI is InChI=1S/C18H29N3/c1-14(2)9-19-10-16-5-6-17(20-11-16)13-21(18-7-8-18)12-15-3-4-15/h5-6,11,14-15,18-19H,3-4,7-10,12-13H2,1-2H3. The monoisotopic (exact) mass is 287 g/mol. The fourth-order valence-electron chi connectivity index (χ4n) is 2.78. The third kappa shape index (κ3) is 5.08. The van der Waals surface area contributed by atoms with Gasteiger partial charge in [0.25, 0.3) is 0 Å². The summed E-state index contributed by atoms with van der Waals surface area (Å²) in [5.41, 5.74) is 2.52. The van der Waals surface area contributed by atoms with Crippen LogP contribution >= 0.6 is 0 Å². The van der Waals surface area contributed by atoms with E-state index in [0.717, 1.165) is 31.6 Å². The molecule has 116 valence electrons. The van der Waals surface area contributed by atoms with Gasteiger partial charge in [0.2, 0.25) is 0 Å². The number of nitrogens with zero attached hydrogens (tertiary/aromatic N) is 2. The highest BCUT2D eigenvalue weighted by Gasteiger charge is 2.33. The molecule has 0 aliphatic heterocycles. The van der Waals surface area contributed by atoms with E-state index in [1.165, 1.54) is 43.5 Å². The molecule has 1 aromatic heterocycles. The maximum absolute atomic E-state index is 4.67. The fraction of sp³-hybridized carbons (Fsp3) is 0.722. The molecule has 0 saturated heterocycles. The summed E-state index contributed by atoms with van der Waals surface area (Å²) in [5, 5.41) is 3.47. The van der Waals surface area contributed by atoms with Crippen molar-refractivity contribution in [1.82, 2.24) is 15.2 Å². The first-order chi connectivity index (χ1) is 10.2. The van der Waals surface area contributed by atoms with Crippen LogP contribution in [0.25, 0.3) is 0 Å². The molecule has 2 aliphatic carbocycles. The molecule has 0 unspecified atom stereocenters. The quantitative estimate of drug-likeness (QED) is 0.756. The van der Waals surface area contributed by atoms with Gasteiger partial charge < -0.3 is 5.32 Å². The molecule has 0 atom stereocenters. The second kappa shape index (κ2) is 6.89. The Labute approximate surface area is 129 Å². The number of pyridine rings is 1. The molecule has 0 amide bonds. The summed E-state index contributed by atoms with van der Waals surface area (Å²) in [4.78, 5) is 7.34. The topological polar surface area (TPSA) is 28.2 Å². The number of nitrogens with one attached hydrogen (secondary N) is 1. The minimum Gasteiger partial charge on any atom is -0.312 e. The maximum atomic E-state index is 4.67. The van der Waals surface area contributed by atoms with Crippen LogP contribution in [-0.4, -0.2) is 29.0 Å². The Bertz CT molecular complexity index is 432. The average molecular weight is 287 g/mol. The first kappa shape index (κ1) is 15.0. The lowest BCUT2D eigenvalue weighted by atomic mass is 10.2. The average Bonchev–Trinajstić information content (AvgIpc) is 3.33. The largest absolute Gasteiger partial charge is 0.312 e. The van der Waals surface area contributed by atoms with E-state index < -0.39 is 0 Å². The minimum atomic E-state index is 0.701. The van der Waals surface area contributed by atoms with Gasteiger partial charge >= 0.3 is 0 Å². The van der Waals surface area contributed by atoms with Crippen LogP contribution in [0, 0.1) is 11.8 Å². The van der Waals surface area contributed by atoms with E-state index in [2.05, 4.69) is 41.2 Å². The summed E-state index contributed by atoms with van der Waals surface area (Å²) in [6.07, 6.45) is 7.72. The molecular weight excluding hydrogens is 258 g/mol. The molecule has 21 heavy (non-hydrogen) atoms. The van der Waals surface area contributed by atoms with Crippen LogP contribution < -0.4 is 5.32 Å². The van der Waals surface area contributed by atoms with Gasteiger partial charge in [0.1, 0.15) is 0 Å². The van der Waals surface area contributed by atoms with Gasteiger partial charge in [-0.15, -0.1) is 0 Å². The lowest BCUT2D eigenvalue weighted by Gasteiger charge is -2.21. The van der Waals surface area contributed by atoms with Gasteiger partial charge in [-0.25, -0.2) is 0 Å². The van der Waals surface area contributed by atoms with Gasteiger partial charge in [0, 0.05) is 31.9 Å². The van der Waals surface area contributed by atoms with Gasteiger partial charge in [0.15, 0.2) is 0 Å². The Morgan fingerprint density at radius 1 is 1.24 bits per heavy atom. The zero-order chi connectivity index (χ0) is 14.7. The summed E-state index contributed by atoms with van der Waals surface area (Å²) in [5.74, 6) is 1.68. The summed E-state index contributed by atoms with van der Waals surface area (Å²) < 4.78 is 0. The lowest BCUT2D eigenvalue weighted by molar-refractivity contribution is 0.241. The highest BCUT2D eigenvalue weighted by molar-refractivity contribution is 5.14.